The highest BCUT2D eigenvalue weighted by Gasteiger charge is 2.22. The lowest BCUT2D eigenvalue weighted by molar-refractivity contribution is 0.304. The molecule has 0 aliphatic carbocycles. The fourth-order valence-corrected chi connectivity index (χ4v) is 2.94. The van der Waals surface area contributed by atoms with Crippen molar-refractivity contribution in [2.75, 3.05) is 14.2 Å². The average molecular weight is 256 g/mol. The van der Waals surface area contributed by atoms with Gasteiger partial charge in [0.1, 0.15) is 8.07 Å². The largest absolute Gasteiger partial charge is 0.507 e. The summed E-state index contributed by atoms with van der Waals surface area (Å²) in [7, 11) is 2.13. The first-order valence-electron chi connectivity index (χ1n) is 6.15. The molecule has 0 aromatic rings. The predicted molar refractivity (Wildman–Crippen MR) is 77.6 cm³/mol. The van der Waals surface area contributed by atoms with E-state index in [9.17, 15) is 0 Å². The van der Waals surface area contributed by atoms with Gasteiger partial charge in [0.05, 0.1) is 25.9 Å². The van der Waals surface area contributed by atoms with Gasteiger partial charge in [-0.2, -0.15) is 0 Å². The van der Waals surface area contributed by atoms with E-state index < -0.39 is 8.07 Å². The second kappa shape index (κ2) is 6.89. The van der Waals surface area contributed by atoms with Crippen LogP contribution in [0.1, 0.15) is 26.7 Å². The van der Waals surface area contributed by atoms with Crippen LogP contribution in [0.15, 0.2) is 23.8 Å². The van der Waals surface area contributed by atoms with Crippen molar-refractivity contribution in [1.82, 2.24) is 0 Å². The van der Waals surface area contributed by atoms with Gasteiger partial charge in [0.2, 0.25) is 0 Å². The zero-order valence-corrected chi connectivity index (χ0v) is 13.5. The minimum atomic E-state index is -1.33. The first-order chi connectivity index (χ1) is 7.73. The maximum Gasteiger partial charge on any atom is 0.122 e. The zero-order chi connectivity index (χ0) is 13.5. The number of hydrogen-bond donors (Lipinski definition) is 0. The molecule has 0 atom stereocenters. The molecule has 0 amide bonds. The molecule has 0 spiro atoms. The molecule has 0 aromatic carbocycles. The standard InChI is InChI=1S/C14H28O2Si/c1-14(2,10-8-12-15-3)11-9-13(16-4)17(5,6)7/h8-9,12H,10-11H2,1-7H3/b12-8+,13-9-. The minimum absolute atomic E-state index is 0.248. The van der Waals surface area contributed by atoms with Gasteiger partial charge in [0.15, 0.2) is 0 Å². The van der Waals surface area contributed by atoms with Crippen molar-refractivity contribution >= 4 is 8.07 Å². The Balaban J connectivity index is 4.50. The van der Waals surface area contributed by atoms with Gasteiger partial charge in [0.25, 0.3) is 0 Å². The number of rotatable bonds is 7. The smallest absolute Gasteiger partial charge is 0.122 e. The first kappa shape index (κ1) is 16.3. The van der Waals surface area contributed by atoms with Crippen LogP contribution in [-0.2, 0) is 9.47 Å². The molecule has 0 aliphatic rings. The molecular weight excluding hydrogens is 228 g/mol. The van der Waals surface area contributed by atoms with E-state index in [-0.39, 0.29) is 5.41 Å². The third kappa shape index (κ3) is 7.26. The van der Waals surface area contributed by atoms with Crippen molar-refractivity contribution in [2.45, 2.75) is 46.3 Å². The summed E-state index contributed by atoms with van der Waals surface area (Å²) in [5.74, 6) is 0. The lowest BCUT2D eigenvalue weighted by Gasteiger charge is -2.24. The second-order valence-corrected chi connectivity index (χ2v) is 11.2. The fraction of sp³-hybridized carbons (Fsp3) is 0.714. The molecule has 100 valence electrons. The van der Waals surface area contributed by atoms with Crippen molar-refractivity contribution in [2.24, 2.45) is 5.41 Å². The Bertz CT molecular complexity index is 272. The Morgan fingerprint density at radius 1 is 1.12 bits per heavy atom. The van der Waals surface area contributed by atoms with Crippen LogP contribution in [0, 0.1) is 5.41 Å². The number of hydrogen-bond acceptors (Lipinski definition) is 2. The monoisotopic (exact) mass is 256 g/mol. The van der Waals surface area contributed by atoms with Crippen LogP contribution < -0.4 is 0 Å². The van der Waals surface area contributed by atoms with Gasteiger partial charge in [-0.3, -0.25) is 0 Å². The molecule has 0 heterocycles. The van der Waals surface area contributed by atoms with Crippen molar-refractivity contribution < 1.29 is 9.47 Å². The van der Waals surface area contributed by atoms with E-state index in [0.717, 1.165) is 12.8 Å². The summed E-state index contributed by atoms with van der Waals surface area (Å²) in [5.41, 5.74) is 0.248. The molecular formula is C14H28O2Si. The lowest BCUT2D eigenvalue weighted by Crippen LogP contribution is -2.25. The number of ether oxygens (including phenoxy) is 2. The van der Waals surface area contributed by atoms with Crippen molar-refractivity contribution in [3.63, 3.8) is 0 Å². The average Bonchev–Trinajstić information content (AvgIpc) is 2.16. The van der Waals surface area contributed by atoms with Crippen LogP contribution >= 0.6 is 0 Å². The summed E-state index contributed by atoms with van der Waals surface area (Å²) in [5, 5.41) is 1.20. The van der Waals surface area contributed by atoms with E-state index in [1.165, 1.54) is 5.38 Å². The third-order valence-electron chi connectivity index (χ3n) is 2.70. The lowest BCUT2D eigenvalue weighted by atomic mass is 9.86. The normalized spacial score (nSPS) is 14.2. The highest BCUT2D eigenvalue weighted by Crippen LogP contribution is 2.28. The number of methoxy groups -OCH3 is 2. The molecule has 0 bridgehead atoms. The van der Waals surface area contributed by atoms with E-state index in [0.29, 0.717) is 0 Å². The topological polar surface area (TPSA) is 18.5 Å². The number of allylic oxidation sites excluding steroid dienone is 2. The Kier molecular flexibility index (Phi) is 6.61. The van der Waals surface area contributed by atoms with Crippen molar-refractivity contribution in [3.05, 3.63) is 23.8 Å². The van der Waals surface area contributed by atoms with E-state index in [1.807, 2.05) is 0 Å². The van der Waals surface area contributed by atoms with Crippen molar-refractivity contribution in [1.29, 1.82) is 0 Å². The molecule has 0 saturated heterocycles. The summed E-state index contributed by atoms with van der Waals surface area (Å²) >= 11 is 0. The van der Waals surface area contributed by atoms with Gasteiger partial charge >= 0.3 is 0 Å². The summed E-state index contributed by atoms with van der Waals surface area (Å²) in [6.07, 6.45) is 8.15. The van der Waals surface area contributed by atoms with E-state index in [2.05, 4.69) is 45.6 Å². The Morgan fingerprint density at radius 2 is 1.71 bits per heavy atom. The molecule has 17 heavy (non-hydrogen) atoms. The zero-order valence-electron chi connectivity index (χ0n) is 12.5. The first-order valence-corrected chi connectivity index (χ1v) is 9.65. The van der Waals surface area contributed by atoms with Gasteiger partial charge in [-0.1, -0.05) is 39.6 Å². The van der Waals surface area contributed by atoms with Gasteiger partial charge in [-0.15, -0.1) is 0 Å². The minimum Gasteiger partial charge on any atom is -0.507 e. The summed E-state index contributed by atoms with van der Waals surface area (Å²) in [4.78, 5) is 0. The van der Waals surface area contributed by atoms with Crippen LogP contribution in [0.25, 0.3) is 0 Å². The van der Waals surface area contributed by atoms with Gasteiger partial charge in [-0.05, 0) is 24.3 Å². The molecule has 3 heteroatoms. The molecule has 0 aliphatic heterocycles. The van der Waals surface area contributed by atoms with Gasteiger partial charge in [-0.25, -0.2) is 0 Å². The molecule has 0 aromatic heterocycles. The summed E-state index contributed by atoms with van der Waals surface area (Å²) < 4.78 is 10.4. The van der Waals surface area contributed by atoms with E-state index in [4.69, 9.17) is 9.47 Å². The van der Waals surface area contributed by atoms with Crippen LogP contribution in [0.4, 0.5) is 0 Å². The Morgan fingerprint density at radius 3 is 2.12 bits per heavy atom. The maximum atomic E-state index is 5.52. The van der Waals surface area contributed by atoms with E-state index >= 15 is 0 Å². The molecule has 0 radical (unpaired) electrons. The molecule has 0 saturated carbocycles. The highest BCUT2D eigenvalue weighted by atomic mass is 28.3. The molecule has 0 fully saturated rings. The maximum absolute atomic E-state index is 5.52. The highest BCUT2D eigenvalue weighted by molar-refractivity contribution is 6.82. The van der Waals surface area contributed by atoms with Crippen LogP contribution in [0.2, 0.25) is 19.6 Å². The molecule has 2 nitrogen and oxygen atoms in total. The van der Waals surface area contributed by atoms with Crippen LogP contribution in [0.3, 0.4) is 0 Å². The summed E-state index contributed by atoms with van der Waals surface area (Å²) in [6.45, 7) is 11.4. The quantitative estimate of drug-likeness (QED) is 0.498. The van der Waals surface area contributed by atoms with Crippen molar-refractivity contribution in [3.8, 4) is 0 Å². The van der Waals surface area contributed by atoms with Crippen LogP contribution in [0.5, 0.6) is 0 Å². The SMILES string of the molecule is CO/C=C/CC(C)(C)C/C=C(/OC)[Si](C)(C)C. The van der Waals surface area contributed by atoms with Crippen LogP contribution in [-0.4, -0.2) is 22.3 Å². The molecule has 0 rings (SSSR count). The fourth-order valence-electron chi connectivity index (χ4n) is 1.61. The van der Waals surface area contributed by atoms with Gasteiger partial charge < -0.3 is 9.47 Å². The van der Waals surface area contributed by atoms with E-state index in [1.54, 1.807) is 20.5 Å². The predicted octanol–water partition coefficient (Wildman–Crippen LogP) is 4.36. The Hall–Kier alpha value is -0.703. The summed E-state index contributed by atoms with van der Waals surface area (Å²) in [6, 6.07) is 0. The Labute approximate surface area is 108 Å². The van der Waals surface area contributed by atoms with Gasteiger partial charge in [0, 0.05) is 0 Å². The molecule has 0 unspecified atom stereocenters. The third-order valence-corrected chi connectivity index (χ3v) is 4.59. The second-order valence-electron chi connectivity index (χ2n) is 6.20. The molecule has 0 N–H and O–H groups in total.